The maximum Gasteiger partial charge on any atom is 0.257 e. The molecule has 1 fully saturated rings. The van der Waals surface area contributed by atoms with Crippen LogP contribution in [0.25, 0.3) is 0 Å². The maximum absolute atomic E-state index is 13.1. The van der Waals surface area contributed by atoms with E-state index in [1.165, 1.54) is 24.7 Å². The highest BCUT2D eigenvalue weighted by Gasteiger charge is 2.26. The summed E-state index contributed by atoms with van der Waals surface area (Å²) in [4.78, 5) is 13.9. The van der Waals surface area contributed by atoms with Crippen molar-refractivity contribution in [1.29, 1.82) is 0 Å². The van der Waals surface area contributed by atoms with E-state index >= 15 is 0 Å². The van der Waals surface area contributed by atoms with Crippen LogP contribution in [-0.4, -0.2) is 43.2 Å². The van der Waals surface area contributed by atoms with Gasteiger partial charge in [0.15, 0.2) is 0 Å². The number of nitrogens with zero attached hydrogens (tertiary/aromatic N) is 1. The van der Waals surface area contributed by atoms with Crippen molar-refractivity contribution in [2.45, 2.75) is 6.10 Å². The van der Waals surface area contributed by atoms with Crippen molar-refractivity contribution in [3.63, 3.8) is 0 Å². The van der Waals surface area contributed by atoms with E-state index in [0.717, 1.165) is 0 Å². The van der Waals surface area contributed by atoms with Crippen LogP contribution in [0.5, 0.6) is 5.75 Å². The molecule has 1 saturated heterocycles. The number of amides is 1. The molecule has 6 heteroatoms. The number of carbonyl (C=O) groups excluding carboxylic acids is 1. The molecule has 2 aromatic rings. The van der Waals surface area contributed by atoms with Gasteiger partial charge in [0.1, 0.15) is 30.5 Å². The van der Waals surface area contributed by atoms with Crippen LogP contribution in [0.2, 0.25) is 0 Å². The first-order chi connectivity index (χ1) is 10.7. The highest BCUT2D eigenvalue weighted by atomic mass is 19.1. The minimum atomic E-state index is -0.348. The summed E-state index contributed by atoms with van der Waals surface area (Å²) in [5.74, 6) is 0.00788. The van der Waals surface area contributed by atoms with Gasteiger partial charge in [-0.15, -0.1) is 0 Å². The van der Waals surface area contributed by atoms with E-state index in [1.807, 2.05) is 0 Å². The molecule has 0 aliphatic carbocycles. The fourth-order valence-electron chi connectivity index (χ4n) is 2.32. The summed E-state index contributed by atoms with van der Waals surface area (Å²) in [6.07, 6.45) is 2.65. The summed E-state index contributed by atoms with van der Waals surface area (Å²) in [7, 11) is 0. The Morgan fingerprint density at radius 2 is 2.32 bits per heavy atom. The fraction of sp³-hybridized carbons (Fsp3) is 0.312. The van der Waals surface area contributed by atoms with Gasteiger partial charge in [0.05, 0.1) is 25.0 Å². The zero-order valence-electron chi connectivity index (χ0n) is 11.9. The Morgan fingerprint density at radius 1 is 1.41 bits per heavy atom. The number of rotatable bonds is 4. The minimum Gasteiger partial charge on any atom is -0.491 e. The van der Waals surface area contributed by atoms with Crippen LogP contribution in [0.3, 0.4) is 0 Å². The molecule has 2 heterocycles. The second kappa shape index (κ2) is 6.62. The van der Waals surface area contributed by atoms with Gasteiger partial charge in [-0.3, -0.25) is 4.79 Å². The third-order valence-corrected chi connectivity index (χ3v) is 3.43. The van der Waals surface area contributed by atoms with E-state index in [4.69, 9.17) is 13.9 Å². The molecule has 116 valence electrons. The predicted molar refractivity (Wildman–Crippen MR) is 76.2 cm³/mol. The summed E-state index contributed by atoms with van der Waals surface area (Å²) < 4.78 is 29.1. The molecular weight excluding hydrogens is 289 g/mol. The molecule has 1 atom stereocenters. The van der Waals surface area contributed by atoms with Crippen LogP contribution in [0, 0.1) is 5.82 Å². The number of furan rings is 1. The molecule has 1 aromatic carbocycles. The lowest BCUT2D eigenvalue weighted by Crippen LogP contribution is -2.47. The van der Waals surface area contributed by atoms with Gasteiger partial charge in [-0.05, 0) is 18.2 Å². The van der Waals surface area contributed by atoms with E-state index < -0.39 is 0 Å². The quantitative estimate of drug-likeness (QED) is 0.870. The molecule has 0 N–H and O–H groups in total. The summed E-state index contributed by atoms with van der Waals surface area (Å²) in [5, 5.41) is 0. The molecule has 22 heavy (non-hydrogen) atoms. The highest BCUT2D eigenvalue weighted by molar-refractivity contribution is 5.93. The van der Waals surface area contributed by atoms with Gasteiger partial charge in [-0.1, -0.05) is 6.07 Å². The predicted octanol–water partition coefficient (Wildman–Crippen LogP) is 2.34. The van der Waals surface area contributed by atoms with Gasteiger partial charge in [-0.2, -0.15) is 0 Å². The number of hydrogen-bond donors (Lipinski definition) is 0. The van der Waals surface area contributed by atoms with Crippen molar-refractivity contribution in [3.8, 4) is 5.75 Å². The second-order valence-electron chi connectivity index (χ2n) is 5.02. The van der Waals surface area contributed by atoms with Gasteiger partial charge in [0.25, 0.3) is 5.91 Å². The molecule has 0 bridgehead atoms. The summed E-state index contributed by atoms with van der Waals surface area (Å²) >= 11 is 0. The van der Waals surface area contributed by atoms with Gasteiger partial charge in [-0.25, -0.2) is 4.39 Å². The SMILES string of the molecule is O=C(c1ccoc1)N1CCOC(COc2cccc(F)c2)C1. The van der Waals surface area contributed by atoms with Gasteiger partial charge >= 0.3 is 0 Å². The standard InChI is InChI=1S/C16H16FNO4/c17-13-2-1-3-14(8-13)22-11-15-9-18(5-7-21-15)16(19)12-4-6-20-10-12/h1-4,6,8,10,15H,5,7,9,11H2. The van der Waals surface area contributed by atoms with Crippen molar-refractivity contribution < 1.29 is 23.1 Å². The van der Waals surface area contributed by atoms with Gasteiger partial charge in [0, 0.05) is 12.6 Å². The molecule has 0 saturated carbocycles. The summed E-state index contributed by atoms with van der Waals surface area (Å²) in [5.41, 5.74) is 0.520. The Hall–Kier alpha value is -2.34. The zero-order chi connectivity index (χ0) is 15.4. The number of benzene rings is 1. The van der Waals surface area contributed by atoms with Crippen molar-refractivity contribution in [2.75, 3.05) is 26.3 Å². The van der Waals surface area contributed by atoms with Crippen LogP contribution in [0.15, 0.2) is 47.3 Å². The Morgan fingerprint density at radius 3 is 3.09 bits per heavy atom. The summed E-state index contributed by atoms with van der Waals surface area (Å²) in [6.45, 7) is 1.67. The van der Waals surface area contributed by atoms with E-state index in [1.54, 1.807) is 23.1 Å². The van der Waals surface area contributed by atoms with E-state index in [0.29, 0.717) is 31.0 Å². The molecule has 1 aliphatic rings. The topological polar surface area (TPSA) is 51.9 Å². The largest absolute Gasteiger partial charge is 0.491 e. The Bertz CT molecular complexity index is 629. The molecule has 1 aliphatic heterocycles. The lowest BCUT2D eigenvalue weighted by molar-refractivity contribution is -0.0401. The molecular formula is C16H16FNO4. The van der Waals surface area contributed by atoms with Crippen LogP contribution in [-0.2, 0) is 4.74 Å². The van der Waals surface area contributed by atoms with Crippen LogP contribution in [0.1, 0.15) is 10.4 Å². The number of ether oxygens (including phenoxy) is 2. The van der Waals surface area contributed by atoms with Crippen LogP contribution >= 0.6 is 0 Å². The third kappa shape index (κ3) is 3.46. The van der Waals surface area contributed by atoms with Crippen molar-refractivity contribution >= 4 is 5.91 Å². The highest BCUT2D eigenvalue weighted by Crippen LogP contribution is 2.15. The average Bonchev–Trinajstić information content (AvgIpc) is 3.07. The molecule has 1 unspecified atom stereocenters. The Labute approximate surface area is 127 Å². The lowest BCUT2D eigenvalue weighted by atomic mass is 10.2. The van der Waals surface area contributed by atoms with Gasteiger partial charge in [0.2, 0.25) is 0 Å². The average molecular weight is 305 g/mol. The number of hydrogen-bond acceptors (Lipinski definition) is 4. The normalized spacial score (nSPS) is 18.2. The monoisotopic (exact) mass is 305 g/mol. The first-order valence-electron chi connectivity index (χ1n) is 7.04. The Balaban J connectivity index is 1.55. The fourth-order valence-corrected chi connectivity index (χ4v) is 2.32. The number of carbonyl (C=O) groups is 1. The van der Waals surface area contributed by atoms with Gasteiger partial charge < -0.3 is 18.8 Å². The molecule has 1 aromatic heterocycles. The van der Waals surface area contributed by atoms with E-state index in [2.05, 4.69) is 0 Å². The van der Waals surface area contributed by atoms with Crippen LogP contribution < -0.4 is 4.74 Å². The van der Waals surface area contributed by atoms with E-state index in [-0.39, 0.29) is 24.4 Å². The lowest BCUT2D eigenvalue weighted by Gasteiger charge is -2.32. The first kappa shape index (κ1) is 14.6. The molecule has 0 spiro atoms. The smallest absolute Gasteiger partial charge is 0.257 e. The number of morpholine rings is 1. The Kier molecular flexibility index (Phi) is 4.39. The zero-order valence-corrected chi connectivity index (χ0v) is 11.9. The van der Waals surface area contributed by atoms with Crippen molar-refractivity contribution in [1.82, 2.24) is 4.90 Å². The third-order valence-electron chi connectivity index (χ3n) is 3.43. The molecule has 3 rings (SSSR count). The van der Waals surface area contributed by atoms with Crippen molar-refractivity contribution in [2.24, 2.45) is 0 Å². The van der Waals surface area contributed by atoms with Crippen molar-refractivity contribution in [3.05, 3.63) is 54.2 Å². The molecule has 5 nitrogen and oxygen atoms in total. The second-order valence-corrected chi connectivity index (χ2v) is 5.02. The molecule has 1 amide bonds. The van der Waals surface area contributed by atoms with E-state index in [9.17, 15) is 9.18 Å². The van der Waals surface area contributed by atoms with Crippen LogP contribution in [0.4, 0.5) is 4.39 Å². The maximum atomic E-state index is 13.1. The minimum absolute atomic E-state index is 0.0900. The first-order valence-corrected chi connectivity index (χ1v) is 7.04. The summed E-state index contributed by atoms with van der Waals surface area (Å²) in [6, 6.07) is 7.57. The number of halogens is 1. The molecule has 0 radical (unpaired) electrons.